The second-order valence-corrected chi connectivity index (χ2v) is 10.7. The molecular weight excluding hydrogens is 506 g/mol. The Morgan fingerprint density at radius 1 is 0.816 bits per heavy atom. The van der Waals surface area contributed by atoms with Crippen LogP contribution >= 0.6 is 0 Å². The van der Waals surface area contributed by atoms with Gasteiger partial charge in [0.2, 0.25) is 0 Å². The van der Waals surface area contributed by atoms with Crippen LogP contribution in [0.4, 0.5) is 17.3 Å². The summed E-state index contributed by atoms with van der Waals surface area (Å²) < 4.78 is 45.9. The maximum Gasteiger partial charge on any atom is 0.263 e. The zero-order valence-electron chi connectivity index (χ0n) is 20.8. The zero-order valence-corrected chi connectivity index (χ0v) is 21.6. The number of aromatic nitrogens is 2. The van der Waals surface area contributed by atoms with Crippen molar-refractivity contribution in [1.82, 2.24) is 9.97 Å². The largest absolute Gasteiger partial charge is 0.497 e. The first-order chi connectivity index (χ1) is 18.5. The summed E-state index contributed by atoms with van der Waals surface area (Å²) in [5, 5.41) is 0. The van der Waals surface area contributed by atoms with Gasteiger partial charge in [0.15, 0.2) is 23.1 Å². The monoisotopic (exact) mass is 533 g/mol. The molecule has 196 valence electrons. The number of hydrogen-bond acceptors (Lipinski definition) is 9. The van der Waals surface area contributed by atoms with E-state index < -0.39 is 10.0 Å². The van der Waals surface area contributed by atoms with Crippen molar-refractivity contribution in [2.75, 3.05) is 61.0 Å². The van der Waals surface area contributed by atoms with Gasteiger partial charge in [0.1, 0.15) is 19.0 Å². The Hall–Kier alpha value is -4.25. The van der Waals surface area contributed by atoms with E-state index in [1.807, 2.05) is 24.3 Å². The van der Waals surface area contributed by atoms with Crippen LogP contribution in [0.2, 0.25) is 0 Å². The number of nitrogens with zero attached hydrogens (tertiary/aromatic N) is 4. The molecule has 0 radical (unpaired) electrons. The Morgan fingerprint density at radius 2 is 1.42 bits per heavy atom. The molecule has 10 nitrogen and oxygen atoms in total. The fraction of sp³-hybridized carbons (Fsp3) is 0.259. The van der Waals surface area contributed by atoms with Crippen molar-refractivity contribution in [3.63, 3.8) is 0 Å². The lowest BCUT2D eigenvalue weighted by atomic mass is 10.2. The molecular formula is C27H27N5O5S. The highest BCUT2D eigenvalue weighted by Gasteiger charge is 2.26. The minimum Gasteiger partial charge on any atom is -0.497 e. The van der Waals surface area contributed by atoms with Crippen molar-refractivity contribution in [3.05, 3.63) is 66.7 Å². The molecule has 1 saturated heterocycles. The van der Waals surface area contributed by atoms with Gasteiger partial charge in [-0.2, -0.15) is 0 Å². The fourth-order valence-electron chi connectivity index (χ4n) is 4.63. The molecule has 4 aromatic rings. The number of nitrogens with one attached hydrogen (secondary N) is 1. The zero-order chi connectivity index (χ0) is 26.1. The molecule has 0 bridgehead atoms. The van der Waals surface area contributed by atoms with Crippen LogP contribution in [0.15, 0.2) is 71.6 Å². The van der Waals surface area contributed by atoms with Crippen molar-refractivity contribution in [2.24, 2.45) is 0 Å². The van der Waals surface area contributed by atoms with Gasteiger partial charge in [-0.25, -0.2) is 18.4 Å². The van der Waals surface area contributed by atoms with Crippen LogP contribution in [0, 0.1) is 0 Å². The van der Waals surface area contributed by atoms with Crippen LogP contribution in [-0.2, 0) is 10.0 Å². The number of ether oxygens (including phenoxy) is 3. The maximum atomic E-state index is 13.2. The van der Waals surface area contributed by atoms with Gasteiger partial charge in [-0.05, 0) is 36.4 Å². The van der Waals surface area contributed by atoms with Crippen LogP contribution in [-0.4, -0.2) is 64.9 Å². The molecule has 3 heterocycles. The molecule has 2 aliphatic rings. The van der Waals surface area contributed by atoms with E-state index in [1.165, 1.54) is 0 Å². The lowest BCUT2D eigenvalue weighted by Gasteiger charge is -2.37. The molecule has 38 heavy (non-hydrogen) atoms. The van der Waals surface area contributed by atoms with Crippen molar-refractivity contribution in [3.8, 4) is 17.2 Å². The van der Waals surface area contributed by atoms with Crippen molar-refractivity contribution >= 4 is 38.4 Å². The minimum absolute atomic E-state index is 0.152. The molecule has 1 N–H and O–H groups in total. The minimum atomic E-state index is -3.88. The van der Waals surface area contributed by atoms with E-state index in [0.717, 1.165) is 24.5 Å². The summed E-state index contributed by atoms with van der Waals surface area (Å²) in [5.41, 5.74) is 2.22. The van der Waals surface area contributed by atoms with Crippen LogP contribution in [0.3, 0.4) is 0 Å². The fourth-order valence-corrected chi connectivity index (χ4v) is 5.65. The van der Waals surface area contributed by atoms with E-state index in [-0.39, 0.29) is 10.7 Å². The maximum absolute atomic E-state index is 13.2. The molecule has 0 aliphatic carbocycles. The average molecular weight is 534 g/mol. The molecule has 1 fully saturated rings. The van der Waals surface area contributed by atoms with Crippen molar-refractivity contribution in [1.29, 1.82) is 0 Å². The van der Waals surface area contributed by atoms with E-state index in [4.69, 9.17) is 24.2 Å². The highest BCUT2D eigenvalue weighted by molar-refractivity contribution is 7.92. The van der Waals surface area contributed by atoms with E-state index in [9.17, 15) is 8.42 Å². The Bertz CT molecular complexity index is 1560. The lowest BCUT2D eigenvalue weighted by Crippen LogP contribution is -2.47. The van der Waals surface area contributed by atoms with Gasteiger partial charge >= 0.3 is 0 Å². The van der Waals surface area contributed by atoms with Crippen LogP contribution in [0.5, 0.6) is 17.2 Å². The Balaban J connectivity index is 1.34. The average Bonchev–Trinajstić information content (AvgIpc) is 2.96. The number of methoxy groups -OCH3 is 1. The predicted octanol–water partition coefficient (Wildman–Crippen LogP) is 3.54. The molecule has 1 aromatic heterocycles. The van der Waals surface area contributed by atoms with Crippen LogP contribution in [0.25, 0.3) is 11.0 Å². The van der Waals surface area contributed by atoms with E-state index in [1.54, 1.807) is 49.6 Å². The normalized spacial score (nSPS) is 15.4. The molecule has 0 amide bonds. The van der Waals surface area contributed by atoms with Crippen LogP contribution in [0.1, 0.15) is 0 Å². The molecule has 11 heteroatoms. The highest BCUT2D eigenvalue weighted by atomic mass is 32.2. The topological polar surface area (TPSA) is 106 Å². The van der Waals surface area contributed by atoms with Gasteiger partial charge in [-0.15, -0.1) is 0 Å². The number of fused-ring (bicyclic) bond motifs is 2. The van der Waals surface area contributed by atoms with Gasteiger partial charge < -0.3 is 24.0 Å². The van der Waals surface area contributed by atoms with E-state index in [0.29, 0.717) is 54.7 Å². The third-order valence-electron chi connectivity index (χ3n) is 6.61. The Kier molecular flexibility index (Phi) is 6.28. The number of anilines is 3. The summed E-state index contributed by atoms with van der Waals surface area (Å²) in [7, 11) is -2.23. The summed E-state index contributed by atoms with van der Waals surface area (Å²) in [6.45, 7) is 3.64. The number of hydrogen-bond donors (Lipinski definition) is 1. The number of benzene rings is 3. The predicted molar refractivity (Wildman–Crippen MR) is 145 cm³/mol. The summed E-state index contributed by atoms with van der Waals surface area (Å²) in [6.07, 6.45) is 0. The van der Waals surface area contributed by atoms with Gasteiger partial charge in [-0.3, -0.25) is 4.72 Å². The van der Waals surface area contributed by atoms with Crippen molar-refractivity contribution in [2.45, 2.75) is 4.90 Å². The summed E-state index contributed by atoms with van der Waals surface area (Å²) in [6, 6.07) is 19.7. The molecule has 0 atom stereocenters. The third-order valence-corrected chi connectivity index (χ3v) is 7.97. The molecule has 6 rings (SSSR count). The second-order valence-electron chi connectivity index (χ2n) is 8.97. The summed E-state index contributed by atoms with van der Waals surface area (Å²) in [5.74, 6) is 2.63. The van der Waals surface area contributed by atoms with E-state index in [2.05, 4.69) is 14.5 Å². The lowest BCUT2D eigenvalue weighted by molar-refractivity contribution is 0.172. The number of rotatable bonds is 6. The first-order valence-corrected chi connectivity index (χ1v) is 13.8. The van der Waals surface area contributed by atoms with Crippen LogP contribution < -0.4 is 28.7 Å². The SMILES string of the molecule is COc1ccc(N2CCN(c3nc4cc5c(cc4nc3NS(=O)(=O)c3ccccc3)OCCO5)CC2)cc1. The first-order valence-electron chi connectivity index (χ1n) is 12.3. The summed E-state index contributed by atoms with van der Waals surface area (Å²) in [4.78, 5) is 14.1. The molecule has 0 spiro atoms. The van der Waals surface area contributed by atoms with Gasteiger partial charge in [0.25, 0.3) is 10.0 Å². The standard InChI is InChI=1S/C27H27N5O5S/c1-35-20-9-7-19(8-10-20)31-11-13-32(14-12-31)27-26(30-38(33,34)21-5-3-2-4-6-21)28-22-17-24-25(18-23(22)29-27)37-16-15-36-24/h2-10,17-18H,11-16H2,1H3,(H,28,30). The highest BCUT2D eigenvalue weighted by Crippen LogP contribution is 2.36. The number of sulfonamides is 1. The van der Waals surface area contributed by atoms with Crippen molar-refractivity contribution < 1.29 is 22.6 Å². The molecule has 0 unspecified atom stereocenters. The number of piperazine rings is 1. The second kappa shape index (κ2) is 9.90. The van der Waals surface area contributed by atoms with E-state index >= 15 is 0 Å². The Morgan fingerprint density at radius 3 is 2.05 bits per heavy atom. The third kappa shape index (κ3) is 4.72. The van der Waals surface area contributed by atoms with Gasteiger partial charge in [0.05, 0.1) is 23.0 Å². The molecule has 3 aromatic carbocycles. The summed E-state index contributed by atoms with van der Waals surface area (Å²) >= 11 is 0. The Labute approximate surface area is 220 Å². The molecule has 0 saturated carbocycles. The quantitative estimate of drug-likeness (QED) is 0.398. The smallest absolute Gasteiger partial charge is 0.263 e. The first kappa shape index (κ1) is 24.1. The van der Waals surface area contributed by atoms with Gasteiger partial charge in [-0.1, -0.05) is 18.2 Å². The molecule has 2 aliphatic heterocycles. The van der Waals surface area contributed by atoms with Gasteiger partial charge in [0, 0.05) is 44.0 Å².